The fourth-order valence-corrected chi connectivity index (χ4v) is 2.92. The Balaban J connectivity index is 1.37. The number of rotatable bonds is 8. The lowest BCUT2D eigenvalue weighted by atomic mass is 10.1. The summed E-state index contributed by atoms with van der Waals surface area (Å²) < 4.78 is 5.85. The molecule has 3 aromatic carbocycles. The van der Waals surface area contributed by atoms with Crippen LogP contribution in [0, 0.1) is 0 Å². The van der Waals surface area contributed by atoms with Crippen LogP contribution in [0.4, 0.5) is 0 Å². The van der Waals surface area contributed by atoms with Gasteiger partial charge in [-0.25, -0.2) is 0 Å². The number of benzene rings is 3. The molecule has 6 heteroatoms. The maximum Gasteiger partial charge on any atom is 0.248 e. The molecular weight excluding hydrogens is 364 g/mol. The van der Waals surface area contributed by atoms with Crippen molar-refractivity contribution >= 4 is 22.6 Å². The van der Waals surface area contributed by atoms with E-state index in [4.69, 9.17) is 10.5 Å². The summed E-state index contributed by atoms with van der Waals surface area (Å²) in [6.07, 6.45) is 0.848. The molecule has 0 aromatic heterocycles. The quantitative estimate of drug-likeness (QED) is 0.313. The number of carbonyl (C=O) groups is 1. The second-order valence-corrected chi connectivity index (χ2v) is 6.62. The largest absolute Gasteiger partial charge is 0.494 e. The van der Waals surface area contributed by atoms with Gasteiger partial charge >= 0.3 is 0 Å². The zero-order valence-corrected chi connectivity index (χ0v) is 16.5. The molecule has 0 unspecified atom stereocenters. The normalized spacial score (nSPS) is 11.3. The highest BCUT2D eigenvalue weighted by atomic mass is 16.5. The molecule has 0 bridgehead atoms. The van der Waals surface area contributed by atoms with Crippen LogP contribution in [0.5, 0.6) is 5.75 Å². The van der Waals surface area contributed by atoms with Gasteiger partial charge in [-0.3, -0.25) is 9.79 Å². The summed E-state index contributed by atoms with van der Waals surface area (Å²) in [6, 6.07) is 21.6. The number of aliphatic imine (C=N–C) groups is 1. The molecule has 4 N–H and O–H groups in total. The Bertz CT molecular complexity index is 984. The van der Waals surface area contributed by atoms with Crippen molar-refractivity contribution in [2.24, 2.45) is 10.7 Å². The first-order valence-corrected chi connectivity index (χ1v) is 9.60. The summed E-state index contributed by atoms with van der Waals surface area (Å²) in [4.78, 5) is 15.3. The molecule has 0 aliphatic rings. The van der Waals surface area contributed by atoms with Crippen molar-refractivity contribution < 1.29 is 9.53 Å². The van der Waals surface area contributed by atoms with Crippen LogP contribution in [0.3, 0.4) is 0 Å². The first-order valence-electron chi connectivity index (χ1n) is 9.60. The number of hydrogen-bond donors (Lipinski definition) is 3. The number of fused-ring (bicyclic) bond motifs is 1. The molecule has 0 spiro atoms. The van der Waals surface area contributed by atoms with Crippen LogP contribution in [0.2, 0.25) is 0 Å². The number of primary amides is 1. The third-order valence-corrected chi connectivity index (χ3v) is 4.53. The van der Waals surface area contributed by atoms with Crippen molar-refractivity contribution in [3.05, 3.63) is 77.9 Å². The van der Waals surface area contributed by atoms with Gasteiger partial charge in [0.15, 0.2) is 5.96 Å². The minimum atomic E-state index is -0.423. The van der Waals surface area contributed by atoms with Crippen molar-refractivity contribution in [1.29, 1.82) is 0 Å². The molecule has 1 amide bonds. The predicted molar refractivity (Wildman–Crippen MR) is 117 cm³/mol. The lowest BCUT2D eigenvalue weighted by Gasteiger charge is -2.12. The van der Waals surface area contributed by atoms with E-state index < -0.39 is 5.91 Å². The number of nitrogens with one attached hydrogen (secondary N) is 2. The maximum absolute atomic E-state index is 11.1. The van der Waals surface area contributed by atoms with E-state index in [0.717, 1.165) is 30.2 Å². The molecule has 0 saturated heterocycles. The van der Waals surface area contributed by atoms with Gasteiger partial charge in [-0.05, 0) is 47.0 Å². The molecule has 0 saturated carbocycles. The van der Waals surface area contributed by atoms with Crippen LogP contribution in [0.15, 0.2) is 71.7 Å². The fourth-order valence-electron chi connectivity index (χ4n) is 2.92. The Morgan fingerprint density at radius 3 is 2.48 bits per heavy atom. The summed E-state index contributed by atoms with van der Waals surface area (Å²) in [5.41, 5.74) is 6.80. The molecule has 6 nitrogen and oxygen atoms in total. The van der Waals surface area contributed by atoms with Crippen molar-refractivity contribution in [3.63, 3.8) is 0 Å². The molecule has 3 rings (SSSR count). The molecule has 150 valence electrons. The third kappa shape index (κ3) is 5.97. The average molecular weight is 390 g/mol. The van der Waals surface area contributed by atoms with Crippen LogP contribution < -0.4 is 21.1 Å². The van der Waals surface area contributed by atoms with E-state index in [0.29, 0.717) is 18.7 Å². The minimum absolute atomic E-state index is 0.423. The lowest BCUT2D eigenvalue weighted by Crippen LogP contribution is -2.37. The van der Waals surface area contributed by atoms with Crippen molar-refractivity contribution in [3.8, 4) is 5.75 Å². The fraction of sp³-hybridized carbons (Fsp3) is 0.217. The van der Waals surface area contributed by atoms with Gasteiger partial charge in [0.2, 0.25) is 5.91 Å². The topological polar surface area (TPSA) is 88.7 Å². The monoisotopic (exact) mass is 390 g/mol. The second-order valence-electron chi connectivity index (χ2n) is 6.62. The van der Waals surface area contributed by atoms with E-state index in [-0.39, 0.29) is 0 Å². The van der Waals surface area contributed by atoms with Gasteiger partial charge in [-0.1, -0.05) is 42.5 Å². The average Bonchev–Trinajstić information content (AvgIpc) is 2.75. The molecule has 0 fully saturated rings. The smallest absolute Gasteiger partial charge is 0.248 e. The van der Waals surface area contributed by atoms with Gasteiger partial charge in [-0.2, -0.15) is 0 Å². The van der Waals surface area contributed by atoms with Crippen molar-refractivity contribution in [1.82, 2.24) is 10.6 Å². The summed E-state index contributed by atoms with van der Waals surface area (Å²) in [5.74, 6) is 1.17. The molecule has 0 aliphatic carbocycles. The number of nitrogens with zero attached hydrogens (tertiary/aromatic N) is 1. The molecule has 0 atom stereocenters. The lowest BCUT2D eigenvalue weighted by molar-refractivity contribution is 0.100. The summed E-state index contributed by atoms with van der Waals surface area (Å²) in [6.45, 7) is 1.97. The van der Waals surface area contributed by atoms with Gasteiger partial charge in [-0.15, -0.1) is 0 Å². The molecule has 0 radical (unpaired) electrons. The molecule has 0 aliphatic heterocycles. The van der Waals surface area contributed by atoms with Crippen LogP contribution in [-0.2, 0) is 6.54 Å². The van der Waals surface area contributed by atoms with E-state index in [1.54, 1.807) is 19.2 Å². The highest BCUT2D eigenvalue weighted by Gasteiger charge is 2.02. The first-order chi connectivity index (χ1) is 14.2. The Morgan fingerprint density at radius 2 is 1.76 bits per heavy atom. The Morgan fingerprint density at radius 1 is 1.00 bits per heavy atom. The third-order valence-electron chi connectivity index (χ3n) is 4.53. The maximum atomic E-state index is 11.1. The van der Waals surface area contributed by atoms with Crippen LogP contribution in [-0.4, -0.2) is 32.1 Å². The number of nitrogens with two attached hydrogens (primary N) is 1. The van der Waals surface area contributed by atoms with Crippen molar-refractivity contribution in [2.45, 2.75) is 13.0 Å². The summed E-state index contributed by atoms with van der Waals surface area (Å²) in [7, 11) is 1.73. The van der Waals surface area contributed by atoms with Gasteiger partial charge in [0, 0.05) is 25.7 Å². The highest BCUT2D eigenvalue weighted by molar-refractivity contribution is 5.92. The second kappa shape index (κ2) is 10.1. The molecule has 3 aromatic rings. The Kier molecular flexibility index (Phi) is 7.05. The van der Waals surface area contributed by atoms with E-state index >= 15 is 0 Å². The Labute approximate surface area is 170 Å². The number of hydrogen-bond acceptors (Lipinski definition) is 3. The van der Waals surface area contributed by atoms with Gasteiger partial charge in [0.25, 0.3) is 0 Å². The van der Waals surface area contributed by atoms with E-state index in [2.05, 4.69) is 39.9 Å². The highest BCUT2D eigenvalue weighted by Crippen LogP contribution is 2.20. The number of ether oxygens (including phenoxy) is 1. The van der Waals surface area contributed by atoms with Crippen LogP contribution >= 0.6 is 0 Å². The summed E-state index contributed by atoms with van der Waals surface area (Å²) >= 11 is 0. The van der Waals surface area contributed by atoms with Crippen LogP contribution in [0.25, 0.3) is 10.8 Å². The van der Waals surface area contributed by atoms with Crippen molar-refractivity contribution in [2.75, 3.05) is 20.2 Å². The summed E-state index contributed by atoms with van der Waals surface area (Å²) in [5, 5.41) is 8.90. The number of carbonyl (C=O) groups excluding carboxylic acids is 1. The zero-order valence-electron chi connectivity index (χ0n) is 16.5. The predicted octanol–water partition coefficient (Wildman–Crippen LogP) is 3.07. The first kappa shape index (κ1) is 20.2. The van der Waals surface area contributed by atoms with Gasteiger partial charge < -0.3 is 21.1 Å². The Hall–Kier alpha value is -3.54. The van der Waals surface area contributed by atoms with Gasteiger partial charge in [0.1, 0.15) is 5.75 Å². The SMILES string of the molecule is CN=C(NCCCOc1ccc2ccccc2c1)NCc1ccc(C(N)=O)cc1. The molecule has 0 heterocycles. The molecule has 29 heavy (non-hydrogen) atoms. The zero-order chi connectivity index (χ0) is 20.5. The standard InChI is InChI=1S/C23H26N4O2/c1-25-23(27-16-17-7-9-19(10-8-17)22(24)28)26-13-4-14-29-21-12-11-18-5-2-3-6-20(18)15-21/h2-3,5-12,15H,4,13-14,16H2,1H3,(H2,24,28)(H2,25,26,27). The van der Waals surface area contributed by atoms with Gasteiger partial charge in [0.05, 0.1) is 6.61 Å². The minimum Gasteiger partial charge on any atom is -0.494 e. The van der Waals surface area contributed by atoms with E-state index in [1.807, 2.05) is 30.3 Å². The number of amides is 1. The van der Waals surface area contributed by atoms with Crippen LogP contribution in [0.1, 0.15) is 22.3 Å². The van der Waals surface area contributed by atoms with E-state index in [9.17, 15) is 4.79 Å². The van der Waals surface area contributed by atoms with E-state index in [1.165, 1.54) is 10.8 Å². The molecular formula is C23H26N4O2. The number of guanidine groups is 1.